The molecule has 21 heavy (non-hydrogen) atoms. The zero-order valence-electron chi connectivity index (χ0n) is 12.5. The average Bonchev–Trinajstić information content (AvgIpc) is 2.56. The molecule has 0 aliphatic carbocycles. The zero-order chi connectivity index (χ0) is 15.1. The predicted octanol–water partition coefficient (Wildman–Crippen LogP) is 2.86. The highest BCUT2D eigenvalue weighted by molar-refractivity contribution is 5.27. The Morgan fingerprint density at radius 2 is 1.71 bits per heavy atom. The number of benzene rings is 2. The van der Waals surface area contributed by atoms with E-state index in [-0.39, 0.29) is 6.54 Å². The maximum absolute atomic E-state index is 10.6. The smallest absolute Gasteiger partial charge is 0.119 e. The molecule has 1 unspecified atom stereocenters. The molecule has 0 aliphatic rings. The molecule has 0 heterocycles. The van der Waals surface area contributed by atoms with Gasteiger partial charge in [-0.2, -0.15) is 0 Å². The van der Waals surface area contributed by atoms with E-state index in [0.29, 0.717) is 13.0 Å². The van der Waals surface area contributed by atoms with E-state index in [1.54, 1.807) is 0 Å². The van der Waals surface area contributed by atoms with E-state index in [0.717, 1.165) is 17.7 Å². The summed E-state index contributed by atoms with van der Waals surface area (Å²) in [5, 5.41) is 10.6. The first-order chi connectivity index (χ1) is 10.2. The molecule has 3 N–H and O–H groups in total. The van der Waals surface area contributed by atoms with Crippen molar-refractivity contribution in [2.75, 3.05) is 13.2 Å². The first-order valence-electron chi connectivity index (χ1n) is 7.37. The van der Waals surface area contributed by atoms with E-state index in [4.69, 9.17) is 10.5 Å². The van der Waals surface area contributed by atoms with Gasteiger partial charge >= 0.3 is 0 Å². The number of aryl methyl sites for hydroxylation is 1. The fourth-order valence-electron chi connectivity index (χ4n) is 2.27. The normalized spacial score (nSPS) is 13.7. The van der Waals surface area contributed by atoms with Crippen LogP contribution in [0.3, 0.4) is 0 Å². The number of nitrogens with two attached hydrogens (primary N) is 1. The molecule has 0 saturated carbocycles. The lowest BCUT2D eigenvalue weighted by Crippen LogP contribution is -2.36. The van der Waals surface area contributed by atoms with Crippen molar-refractivity contribution in [3.8, 4) is 5.75 Å². The van der Waals surface area contributed by atoms with Crippen LogP contribution in [0.1, 0.15) is 24.5 Å². The van der Waals surface area contributed by atoms with Gasteiger partial charge in [-0.05, 0) is 29.7 Å². The van der Waals surface area contributed by atoms with Crippen LogP contribution in [-0.4, -0.2) is 18.3 Å². The number of aliphatic hydroxyl groups is 1. The second-order valence-corrected chi connectivity index (χ2v) is 5.20. The Balaban J connectivity index is 1.94. The third-order valence-corrected chi connectivity index (χ3v) is 3.76. The van der Waals surface area contributed by atoms with Crippen molar-refractivity contribution >= 4 is 0 Å². The van der Waals surface area contributed by atoms with Crippen LogP contribution in [0.4, 0.5) is 0 Å². The van der Waals surface area contributed by atoms with Crippen LogP contribution < -0.4 is 10.5 Å². The molecule has 1 atom stereocenters. The lowest BCUT2D eigenvalue weighted by molar-refractivity contribution is 0.0233. The average molecular weight is 285 g/mol. The summed E-state index contributed by atoms with van der Waals surface area (Å²) in [4.78, 5) is 0. The van der Waals surface area contributed by atoms with Crippen molar-refractivity contribution in [2.24, 2.45) is 5.73 Å². The topological polar surface area (TPSA) is 55.5 Å². The Kier molecular flexibility index (Phi) is 5.37. The van der Waals surface area contributed by atoms with Gasteiger partial charge in [-0.25, -0.2) is 0 Å². The molecule has 0 spiro atoms. The minimum absolute atomic E-state index is 0.176. The minimum Gasteiger partial charge on any atom is -0.493 e. The maximum atomic E-state index is 10.6. The van der Waals surface area contributed by atoms with E-state index in [9.17, 15) is 5.11 Å². The summed E-state index contributed by atoms with van der Waals surface area (Å²) in [5.41, 5.74) is 6.83. The monoisotopic (exact) mass is 285 g/mol. The zero-order valence-corrected chi connectivity index (χ0v) is 12.5. The van der Waals surface area contributed by atoms with Gasteiger partial charge in [0, 0.05) is 13.0 Å². The molecule has 0 amide bonds. The molecule has 2 rings (SSSR count). The van der Waals surface area contributed by atoms with E-state index in [2.05, 4.69) is 19.1 Å². The van der Waals surface area contributed by atoms with Gasteiger partial charge in [-0.1, -0.05) is 49.4 Å². The van der Waals surface area contributed by atoms with Crippen LogP contribution in [-0.2, 0) is 12.0 Å². The Morgan fingerprint density at radius 1 is 1.05 bits per heavy atom. The van der Waals surface area contributed by atoms with Gasteiger partial charge in [0.2, 0.25) is 0 Å². The molecule has 112 valence electrons. The van der Waals surface area contributed by atoms with Crippen molar-refractivity contribution < 1.29 is 9.84 Å². The van der Waals surface area contributed by atoms with Gasteiger partial charge in [-0.15, -0.1) is 0 Å². The van der Waals surface area contributed by atoms with Crippen LogP contribution in [0, 0.1) is 0 Å². The molecule has 3 nitrogen and oxygen atoms in total. The summed E-state index contributed by atoms with van der Waals surface area (Å²) < 4.78 is 5.71. The first kappa shape index (κ1) is 15.5. The Bertz CT molecular complexity index is 539. The Labute approximate surface area is 126 Å². The minimum atomic E-state index is -1.04. The molecule has 0 fully saturated rings. The van der Waals surface area contributed by atoms with Crippen LogP contribution in [0.5, 0.6) is 5.75 Å². The first-order valence-corrected chi connectivity index (χ1v) is 7.37. The van der Waals surface area contributed by atoms with Gasteiger partial charge < -0.3 is 15.6 Å². The van der Waals surface area contributed by atoms with Crippen molar-refractivity contribution in [1.29, 1.82) is 0 Å². The maximum Gasteiger partial charge on any atom is 0.119 e. The van der Waals surface area contributed by atoms with Crippen LogP contribution in [0.2, 0.25) is 0 Å². The molecule has 0 saturated heterocycles. The lowest BCUT2D eigenvalue weighted by atomic mass is 9.91. The summed E-state index contributed by atoms with van der Waals surface area (Å²) in [6.45, 7) is 2.72. The molecular formula is C18H23NO2. The molecule has 0 radical (unpaired) electrons. The SMILES string of the molecule is CCc1ccc(OCCC(O)(CN)c2ccccc2)cc1. The van der Waals surface area contributed by atoms with E-state index < -0.39 is 5.60 Å². The van der Waals surface area contributed by atoms with Gasteiger partial charge in [0.05, 0.1) is 6.61 Å². The van der Waals surface area contributed by atoms with Crippen molar-refractivity contribution in [2.45, 2.75) is 25.4 Å². The molecule has 2 aromatic rings. The second kappa shape index (κ2) is 7.25. The quantitative estimate of drug-likeness (QED) is 0.822. The van der Waals surface area contributed by atoms with Crippen LogP contribution in [0.25, 0.3) is 0 Å². The molecule has 0 bridgehead atoms. The fraction of sp³-hybridized carbons (Fsp3) is 0.333. The van der Waals surface area contributed by atoms with E-state index >= 15 is 0 Å². The van der Waals surface area contributed by atoms with E-state index in [1.807, 2.05) is 42.5 Å². The van der Waals surface area contributed by atoms with Crippen molar-refractivity contribution in [3.63, 3.8) is 0 Å². The van der Waals surface area contributed by atoms with Crippen LogP contribution in [0.15, 0.2) is 54.6 Å². The van der Waals surface area contributed by atoms with Crippen molar-refractivity contribution in [1.82, 2.24) is 0 Å². The molecule has 2 aromatic carbocycles. The second-order valence-electron chi connectivity index (χ2n) is 5.20. The standard InChI is InChI=1S/C18H23NO2/c1-2-15-8-10-17(11-9-15)21-13-12-18(20,14-19)16-6-4-3-5-7-16/h3-11,20H,2,12-14,19H2,1H3. The van der Waals surface area contributed by atoms with Gasteiger partial charge in [0.15, 0.2) is 0 Å². The largest absolute Gasteiger partial charge is 0.493 e. The van der Waals surface area contributed by atoms with Gasteiger partial charge in [0.1, 0.15) is 11.4 Å². The fourth-order valence-corrected chi connectivity index (χ4v) is 2.27. The number of hydrogen-bond acceptors (Lipinski definition) is 3. The lowest BCUT2D eigenvalue weighted by Gasteiger charge is -2.27. The summed E-state index contributed by atoms with van der Waals surface area (Å²) >= 11 is 0. The predicted molar refractivity (Wildman–Crippen MR) is 85.3 cm³/mol. The summed E-state index contributed by atoms with van der Waals surface area (Å²) in [7, 11) is 0. The summed E-state index contributed by atoms with van der Waals surface area (Å²) in [6, 6.07) is 17.5. The number of ether oxygens (including phenoxy) is 1. The molecule has 3 heteroatoms. The highest BCUT2D eigenvalue weighted by atomic mass is 16.5. The van der Waals surface area contributed by atoms with Crippen molar-refractivity contribution in [3.05, 3.63) is 65.7 Å². The highest BCUT2D eigenvalue weighted by Crippen LogP contribution is 2.24. The molecule has 0 aliphatic heterocycles. The third kappa shape index (κ3) is 4.06. The molecular weight excluding hydrogens is 262 g/mol. The summed E-state index contributed by atoms with van der Waals surface area (Å²) in [5.74, 6) is 0.819. The number of hydrogen-bond donors (Lipinski definition) is 2. The third-order valence-electron chi connectivity index (χ3n) is 3.76. The summed E-state index contributed by atoms with van der Waals surface area (Å²) in [6.07, 6.45) is 1.48. The molecule has 0 aromatic heterocycles. The number of rotatable bonds is 7. The highest BCUT2D eigenvalue weighted by Gasteiger charge is 2.27. The van der Waals surface area contributed by atoms with Gasteiger partial charge in [0.25, 0.3) is 0 Å². The Hall–Kier alpha value is -1.84. The van der Waals surface area contributed by atoms with E-state index in [1.165, 1.54) is 5.56 Å². The van der Waals surface area contributed by atoms with Crippen LogP contribution >= 0.6 is 0 Å². The Morgan fingerprint density at radius 3 is 2.29 bits per heavy atom. The van der Waals surface area contributed by atoms with Gasteiger partial charge in [-0.3, -0.25) is 0 Å².